The van der Waals surface area contributed by atoms with Gasteiger partial charge in [-0.1, -0.05) is 36.9 Å². The van der Waals surface area contributed by atoms with Crippen LogP contribution in [0, 0.1) is 0 Å². The Hall–Kier alpha value is -1.43. The number of carbonyl (C=O) groups excluding carboxylic acids is 1. The fourth-order valence-electron chi connectivity index (χ4n) is 2.25. The zero-order valence-electron chi connectivity index (χ0n) is 13.8. The minimum absolute atomic E-state index is 0.347. The number of rotatable bonds is 10. The van der Waals surface area contributed by atoms with Gasteiger partial charge in [-0.05, 0) is 38.4 Å². The van der Waals surface area contributed by atoms with Gasteiger partial charge in [-0.25, -0.2) is 4.79 Å². The predicted molar refractivity (Wildman–Crippen MR) is 90.3 cm³/mol. The van der Waals surface area contributed by atoms with E-state index >= 15 is 0 Å². The predicted octanol–water partition coefficient (Wildman–Crippen LogP) is 2.92. The van der Waals surface area contributed by atoms with Crippen LogP contribution in [0.1, 0.15) is 27.2 Å². The van der Waals surface area contributed by atoms with E-state index in [1.165, 1.54) is 0 Å². The second-order valence-electron chi connectivity index (χ2n) is 5.00. The molecule has 0 aromatic heterocycles. The zero-order chi connectivity index (χ0) is 16.4. The molecule has 0 aliphatic heterocycles. The Labute approximate surface area is 134 Å². The van der Waals surface area contributed by atoms with Crippen molar-refractivity contribution in [3.05, 3.63) is 42.5 Å². The summed E-state index contributed by atoms with van der Waals surface area (Å²) in [5, 5.41) is 1.12. The van der Waals surface area contributed by atoms with Crippen LogP contribution in [0.5, 0.6) is 0 Å². The molecule has 0 unspecified atom stereocenters. The van der Waals surface area contributed by atoms with Crippen LogP contribution in [0.4, 0.5) is 0 Å². The molecule has 0 radical (unpaired) electrons. The van der Waals surface area contributed by atoms with E-state index in [-0.39, 0.29) is 5.97 Å². The van der Waals surface area contributed by atoms with E-state index in [1.54, 1.807) is 6.92 Å². The molecule has 0 aliphatic carbocycles. The molecule has 0 N–H and O–H groups in total. The number of hydrogen-bond acceptors (Lipinski definition) is 4. The fraction of sp³-hybridized carbons (Fsp3) is 0.471. The number of hydrogen-bond donors (Lipinski definition) is 0. The van der Waals surface area contributed by atoms with Crippen LogP contribution in [0.2, 0.25) is 6.04 Å². The Morgan fingerprint density at radius 3 is 2.23 bits per heavy atom. The maximum atomic E-state index is 11.4. The van der Waals surface area contributed by atoms with Gasteiger partial charge in [-0.2, -0.15) is 0 Å². The third-order valence-corrected chi connectivity index (χ3v) is 6.94. The first-order chi connectivity index (χ1) is 10.6. The van der Waals surface area contributed by atoms with Crippen LogP contribution in [-0.4, -0.2) is 34.4 Å². The topological polar surface area (TPSA) is 44.8 Å². The molecule has 0 aliphatic rings. The first-order valence-corrected chi connectivity index (χ1v) is 9.74. The fourth-order valence-corrected chi connectivity index (χ4v) is 5.49. The lowest BCUT2D eigenvalue weighted by molar-refractivity contribution is -0.138. The van der Waals surface area contributed by atoms with Crippen LogP contribution < -0.4 is 5.19 Å². The van der Waals surface area contributed by atoms with Gasteiger partial charge in [-0.3, -0.25) is 0 Å². The third-order valence-electron chi connectivity index (χ3n) is 3.20. The number of benzene rings is 1. The van der Waals surface area contributed by atoms with Gasteiger partial charge in [0.2, 0.25) is 0 Å². The molecule has 0 spiro atoms. The standard InChI is InChI=1S/C17H26O4Si/c1-5-20-22(21-6-2,16-11-8-7-9-12-16)14-10-13-19-17(18)15(3)4/h7-9,11-12H,3,5-6,10,13-14H2,1-2,4H3. The lowest BCUT2D eigenvalue weighted by Gasteiger charge is -2.30. The molecule has 0 fully saturated rings. The largest absolute Gasteiger partial charge is 0.462 e. The van der Waals surface area contributed by atoms with Crippen LogP contribution in [0.25, 0.3) is 0 Å². The van der Waals surface area contributed by atoms with E-state index in [4.69, 9.17) is 13.6 Å². The molecule has 0 atom stereocenters. The van der Waals surface area contributed by atoms with Crippen molar-refractivity contribution in [2.24, 2.45) is 0 Å². The van der Waals surface area contributed by atoms with Crippen molar-refractivity contribution in [2.75, 3.05) is 19.8 Å². The molecule has 0 bridgehead atoms. The molecule has 0 saturated heterocycles. The second kappa shape index (κ2) is 9.56. The summed E-state index contributed by atoms with van der Waals surface area (Å²) in [5.41, 5.74) is 0.418. The van der Waals surface area contributed by atoms with Gasteiger partial charge >= 0.3 is 14.5 Å². The van der Waals surface area contributed by atoms with E-state index in [2.05, 4.69) is 18.7 Å². The summed E-state index contributed by atoms with van der Waals surface area (Å²) in [7, 11) is -2.48. The van der Waals surface area contributed by atoms with Crippen LogP contribution in [0.15, 0.2) is 42.5 Å². The molecule has 0 heterocycles. The number of carbonyl (C=O) groups is 1. The Balaban J connectivity index is 2.74. The summed E-state index contributed by atoms with van der Waals surface area (Å²) in [5.74, 6) is -0.347. The van der Waals surface area contributed by atoms with Crippen LogP contribution in [0.3, 0.4) is 0 Å². The highest BCUT2D eigenvalue weighted by Crippen LogP contribution is 2.17. The average Bonchev–Trinajstić information content (AvgIpc) is 2.52. The maximum Gasteiger partial charge on any atom is 0.372 e. The lowest BCUT2D eigenvalue weighted by atomic mass is 10.4. The Kier molecular flexibility index (Phi) is 8.09. The molecule has 1 aromatic rings. The highest BCUT2D eigenvalue weighted by Gasteiger charge is 2.39. The Morgan fingerprint density at radius 2 is 1.73 bits per heavy atom. The molecular weight excluding hydrogens is 296 g/mol. The van der Waals surface area contributed by atoms with Gasteiger partial charge in [0.15, 0.2) is 0 Å². The lowest BCUT2D eigenvalue weighted by Crippen LogP contribution is -2.54. The summed E-state index contributed by atoms with van der Waals surface area (Å²) in [6.07, 6.45) is 0.708. The van der Waals surface area contributed by atoms with Gasteiger partial charge in [0, 0.05) is 18.8 Å². The van der Waals surface area contributed by atoms with Gasteiger partial charge in [-0.15, -0.1) is 0 Å². The Morgan fingerprint density at radius 1 is 1.14 bits per heavy atom. The first kappa shape index (κ1) is 18.6. The highest BCUT2D eigenvalue weighted by molar-refractivity contribution is 6.81. The van der Waals surface area contributed by atoms with Crippen molar-refractivity contribution < 1.29 is 18.4 Å². The summed E-state index contributed by atoms with van der Waals surface area (Å²) in [6, 6.07) is 10.8. The number of ether oxygens (including phenoxy) is 1. The van der Waals surface area contributed by atoms with E-state index in [0.29, 0.717) is 31.8 Å². The minimum atomic E-state index is -2.48. The van der Waals surface area contributed by atoms with E-state index in [1.807, 2.05) is 32.0 Å². The van der Waals surface area contributed by atoms with E-state index in [9.17, 15) is 4.79 Å². The monoisotopic (exact) mass is 322 g/mol. The maximum absolute atomic E-state index is 11.4. The van der Waals surface area contributed by atoms with Crippen molar-refractivity contribution in [2.45, 2.75) is 33.2 Å². The highest BCUT2D eigenvalue weighted by atomic mass is 28.4. The van der Waals surface area contributed by atoms with Crippen LogP contribution in [-0.2, 0) is 18.4 Å². The quantitative estimate of drug-likeness (QED) is 0.287. The van der Waals surface area contributed by atoms with Crippen molar-refractivity contribution in [3.63, 3.8) is 0 Å². The normalized spacial score (nSPS) is 11.2. The van der Waals surface area contributed by atoms with Crippen molar-refractivity contribution in [1.82, 2.24) is 0 Å². The molecule has 0 saturated carbocycles. The minimum Gasteiger partial charge on any atom is -0.462 e. The smallest absolute Gasteiger partial charge is 0.372 e. The number of esters is 1. The summed E-state index contributed by atoms with van der Waals surface area (Å²) in [6.45, 7) is 10.7. The van der Waals surface area contributed by atoms with Crippen molar-refractivity contribution >= 4 is 19.7 Å². The molecule has 1 rings (SSSR count). The summed E-state index contributed by atoms with van der Waals surface area (Å²) >= 11 is 0. The third kappa shape index (κ3) is 5.40. The molecule has 22 heavy (non-hydrogen) atoms. The van der Waals surface area contributed by atoms with Crippen molar-refractivity contribution in [1.29, 1.82) is 0 Å². The Bertz CT molecular complexity index is 467. The van der Waals surface area contributed by atoms with E-state index < -0.39 is 8.56 Å². The molecule has 122 valence electrons. The van der Waals surface area contributed by atoms with Crippen molar-refractivity contribution in [3.8, 4) is 0 Å². The molecular formula is C17H26O4Si. The molecule has 4 nitrogen and oxygen atoms in total. The SMILES string of the molecule is C=C(C)C(=O)OCCC[Si](OCC)(OCC)c1ccccc1. The summed E-state index contributed by atoms with van der Waals surface area (Å²) < 4.78 is 17.3. The summed E-state index contributed by atoms with van der Waals surface area (Å²) in [4.78, 5) is 11.4. The average molecular weight is 322 g/mol. The van der Waals surface area contributed by atoms with Gasteiger partial charge in [0.05, 0.1) is 6.61 Å². The van der Waals surface area contributed by atoms with Gasteiger partial charge in [0.1, 0.15) is 0 Å². The first-order valence-electron chi connectivity index (χ1n) is 7.71. The molecule has 1 aromatic carbocycles. The van der Waals surface area contributed by atoms with Crippen LogP contribution >= 0.6 is 0 Å². The zero-order valence-corrected chi connectivity index (χ0v) is 14.8. The van der Waals surface area contributed by atoms with Gasteiger partial charge < -0.3 is 13.6 Å². The van der Waals surface area contributed by atoms with E-state index in [0.717, 1.165) is 11.2 Å². The molecule has 0 amide bonds. The molecule has 5 heteroatoms. The van der Waals surface area contributed by atoms with Gasteiger partial charge in [0.25, 0.3) is 0 Å². The second-order valence-corrected chi connectivity index (χ2v) is 8.17.